The first-order chi connectivity index (χ1) is 16.2. The predicted octanol–water partition coefficient (Wildman–Crippen LogP) is -1.06. The third-order valence-electron chi connectivity index (χ3n) is 4.86. The van der Waals surface area contributed by atoms with Crippen LogP contribution in [-0.4, -0.2) is 81.9 Å². The number of nitrogens with zero attached hydrogens (tertiary/aromatic N) is 2. The molecule has 2 bridgehead atoms. The Hall–Kier alpha value is -4.49. The number of carbonyl (C=O) groups excluding carboxylic acids is 6. The standard InChI is InChI=1S/C20H20N4O10/c25-14(13-6-17(28)34-23-9-16(27)24(13)20(23)32)7-15(26)21-8-12(18(29)30)22-19(31)33-10-11-4-2-1-3-5-11/h1-5,12-13H,6-10H2,(H,21,26)(H,22,31)(H,29,30)/t12-,13-/m0/s1. The number of ketones is 1. The number of carboxylic acid groups (broad SMARTS) is 1. The van der Waals surface area contributed by atoms with E-state index in [2.05, 4.69) is 15.5 Å². The summed E-state index contributed by atoms with van der Waals surface area (Å²) in [6.07, 6.45) is -2.50. The second-order valence-corrected chi connectivity index (χ2v) is 7.31. The van der Waals surface area contributed by atoms with E-state index in [4.69, 9.17) is 4.74 Å². The van der Waals surface area contributed by atoms with Crippen molar-refractivity contribution < 1.29 is 48.2 Å². The molecular formula is C20H20N4O10. The quantitative estimate of drug-likeness (QED) is 0.292. The van der Waals surface area contributed by atoms with Crippen LogP contribution in [0.2, 0.25) is 0 Å². The van der Waals surface area contributed by atoms with Crippen LogP contribution in [0.4, 0.5) is 9.59 Å². The summed E-state index contributed by atoms with van der Waals surface area (Å²) in [5.74, 6) is -5.01. The van der Waals surface area contributed by atoms with Crippen molar-refractivity contribution >= 4 is 41.7 Å². The molecule has 180 valence electrons. The lowest BCUT2D eigenvalue weighted by molar-refractivity contribution is -0.174. The number of imide groups is 1. The third-order valence-corrected chi connectivity index (χ3v) is 4.86. The number of fused-ring (bicyclic) bond motifs is 2. The van der Waals surface area contributed by atoms with Crippen molar-refractivity contribution in [3.05, 3.63) is 35.9 Å². The van der Waals surface area contributed by atoms with Gasteiger partial charge in [-0.25, -0.2) is 24.1 Å². The van der Waals surface area contributed by atoms with Gasteiger partial charge in [0, 0.05) is 6.54 Å². The highest BCUT2D eigenvalue weighted by molar-refractivity contribution is 6.10. The number of urea groups is 1. The fraction of sp³-hybridized carbons (Fsp3) is 0.350. The number of hydrogen-bond acceptors (Lipinski definition) is 9. The van der Waals surface area contributed by atoms with Crippen LogP contribution in [0.1, 0.15) is 18.4 Å². The molecule has 5 amide bonds. The molecular weight excluding hydrogens is 456 g/mol. The average Bonchev–Trinajstić information content (AvgIpc) is 2.98. The van der Waals surface area contributed by atoms with Gasteiger partial charge in [-0.2, -0.15) is 0 Å². The number of Topliss-reactive ketones (excluding diaryl/α,β-unsaturated/α-hetero) is 1. The average molecular weight is 476 g/mol. The molecule has 0 aromatic heterocycles. The number of amides is 5. The van der Waals surface area contributed by atoms with Crippen LogP contribution in [0.3, 0.4) is 0 Å². The molecule has 0 saturated carbocycles. The van der Waals surface area contributed by atoms with Gasteiger partial charge in [-0.1, -0.05) is 30.3 Å². The number of aliphatic carboxylic acids is 1. The maximum atomic E-state index is 12.5. The number of carboxylic acids is 1. The van der Waals surface area contributed by atoms with Crippen molar-refractivity contribution in [1.82, 2.24) is 20.6 Å². The number of benzene rings is 1. The SMILES string of the molecule is O=C(CC(=O)[C@@H]1CC(=O)ON2CC(=O)N1C2=O)NC[C@H](NC(=O)OCc1ccccc1)C(=O)O. The summed E-state index contributed by atoms with van der Waals surface area (Å²) >= 11 is 0. The lowest BCUT2D eigenvalue weighted by atomic mass is 10.0. The topological polar surface area (TPSA) is 189 Å². The van der Waals surface area contributed by atoms with Gasteiger partial charge in [-0.05, 0) is 5.56 Å². The fourth-order valence-electron chi connectivity index (χ4n) is 3.20. The van der Waals surface area contributed by atoms with Gasteiger partial charge in [0.1, 0.15) is 25.2 Å². The summed E-state index contributed by atoms with van der Waals surface area (Å²) in [5, 5.41) is 14.1. The van der Waals surface area contributed by atoms with Crippen molar-refractivity contribution in [3.63, 3.8) is 0 Å². The van der Waals surface area contributed by atoms with Crippen molar-refractivity contribution in [2.75, 3.05) is 13.1 Å². The zero-order valence-electron chi connectivity index (χ0n) is 17.6. The van der Waals surface area contributed by atoms with Crippen molar-refractivity contribution in [2.24, 2.45) is 0 Å². The number of carbonyl (C=O) groups is 7. The van der Waals surface area contributed by atoms with E-state index < -0.39 is 79.7 Å². The lowest BCUT2D eigenvalue weighted by Gasteiger charge is -2.21. The van der Waals surface area contributed by atoms with Gasteiger partial charge in [0.25, 0.3) is 5.91 Å². The van der Waals surface area contributed by atoms with Crippen LogP contribution < -0.4 is 10.6 Å². The Balaban J connectivity index is 1.50. The molecule has 2 heterocycles. The largest absolute Gasteiger partial charge is 0.480 e. The molecule has 34 heavy (non-hydrogen) atoms. The van der Waals surface area contributed by atoms with E-state index in [1.165, 1.54) is 0 Å². The van der Waals surface area contributed by atoms with E-state index >= 15 is 0 Å². The Kier molecular flexibility index (Phi) is 7.40. The van der Waals surface area contributed by atoms with E-state index in [0.29, 0.717) is 15.5 Å². The summed E-state index contributed by atoms with van der Waals surface area (Å²) in [7, 11) is 0. The second kappa shape index (κ2) is 10.4. The smallest absolute Gasteiger partial charge is 0.408 e. The maximum absolute atomic E-state index is 12.5. The van der Waals surface area contributed by atoms with E-state index in [-0.39, 0.29) is 6.61 Å². The van der Waals surface area contributed by atoms with E-state index in [9.17, 15) is 38.7 Å². The molecule has 1 aromatic carbocycles. The van der Waals surface area contributed by atoms with Gasteiger partial charge >= 0.3 is 24.1 Å². The molecule has 0 radical (unpaired) electrons. The van der Waals surface area contributed by atoms with Crippen molar-refractivity contribution in [3.8, 4) is 0 Å². The Labute approximate surface area is 191 Å². The first kappa shape index (κ1) is 24.2. The van der Waals surface area contributed by atoms with Gasteiger partial charge in [-0.3, -0.25) is 14.4 Å². The van der Waals surface area contributed by atoms with Crippen LogP contribution >= 0.6 is 0 Å². The normalized spacial score (nSPS) is 18.0. The van der Waals surface area contributed by atoms with Gasteiger partial charge in [0.15, 0.2) is 5.78 Å². The minimum atomic E-state index is -1.56. The van der Waals surface area contributed by atoms with Gasteiger partial charge < -0.3 is 25.3 Å². The number of hydroxylamine groups is 2. The number of nitrogens with one attached hydrogen (secondary N) is 2. The highest BCUT2D eigenvalue weighted by Crippen LogP contribution is 2.23. The van der Waals surface area contributed by atoms with Gasteiger partial charge in [-0.15, -0.1) is 5.06 Å². The van der Waals surface area contributed by atoms with Crippen LogP contribution in [0, 0.1) is 0 Å². The summed E-state index contributed by atoms with van der Waals surface area (Å²) in [6, 6.07) is 4.57. The van der Waals surface area contributed by atoms with Crippen LogP contribution in [0.5, 0.6) is 0 Å². The Morgan fingerprint density at radius 1 is 1.15 bits per heavy atom. The molecule has 0 unspecified atom stereocenters. The van der Waals surface area contributed by atoms with Crippen molar-refractivity contribution in [2.45, 2.75) is 31.5 Å². The zero-order valence-corrected chi connectivity index (χ0v) is 17.6. The summed E-state index contributed by atoms with van der Waals surface area (Å²) < 4.78 is 4.93. The second-order valence-electron chi connectivity index (χ2n) is 7.31. The van der Waals surface area contributed by atoms with Gasteiger partial charge in [0.2, 0.25) is 5.91 Å². The maximum Gasteiger partial charge on any atom is 0.408 e. The molecule has 3 rings (SSSR count). The molecule has 2 aliphatic rings. The Bertz CT molecular complexity index is 1030. The van der Waals surface area contributed by atoms with Crippen LogP contribution in [0.15, 0.2) is 30.3 Å². The first-order valence-corrected chi connectivity index (χ1v) is 9.99. The molecule has 2 atom stereocenters. The molecule has 3 N–H and O–H groups in total. The van der Waals surface area contributed by atoms with E-state index in [1.807, 2.05) is 0 Å². The third kappa shape index (κ3) is 5.85. The highest BCUT2D eigenvalue weighted by atomic mass is 16.7. The summed E-state index contributed by atoms with van der Waals surface area (Å²) in [5.41, 5.74) is 0.678. The molecule has 0 spiro atoms. The summed E-state index contributed by atoms with van der Waals surface area (Å²) in [4.78, 5) is 89.0. The zero-order chi connectivity index (χ0) is 24.8. The summed E-state index contributed by atoms with van der Waals surface area (Å²) in [6.45, 7) is -1.22. The number of hydrogen-bond donors (Lipinski definition) is 3. The molecule has 0 aliphatic carbocycles. The monoisotopic (exact) mass is 476 g/mol. The van der Waals surface area contributed by atoms with Crippen molar-refractivity contribution in [1.29, 1.82) is 0 Å². The Morgan fingerprint density at radius 2 is 1.85 bits per heavy atom. The van der Waals surface area contributed by atoms with E-state index in [0.717, 1.165) is 0 Å². The van der Waals surface area contributed by atoms with Crippen LogP contribution in [-0.2, 0) is 40.2 Å². The minimum absolute atomic E-state index is 0.102. The first-order valence-electron chi connectivity index (χ1n) is 9.99. The lowest BCUT2D eigenvalue weighted by Crippen LogP contribution is -2.50. The molecule has 14 heteroatoms. The number of rotatable bonds is 9. The fourth-order valence-corrected chi connectivity index (χ4v) is 3.20. The molecule has 14 nitrogen and oxygen atoms in total. The number of ether oxygens (including phenoxy) is 1. The number of alkyl carbamates (subject to hydrolysis) is 1. The molecule has 2 fully saturated rings. The Morgan fingerprint density at radius 3 is 2.53 bits per heavy atom. The highest BCUT2D eigenvalue weighted by Gasteiger charge is 2.49. The molecule has 2 aliphatic heterocycles. The minimum Gasteiger partial charge on any atom is -0.480 e. The predicted molar refractivity (Wildman–Crippen MR) is 107 cm³/mol. The van der Waals surface area contributed by atoms with E-state index in [1.54, 1.807) is 30.3 Å². The van der Waals surface area contributed by atoms with Gasteiger partial charge in [0.05, 0.1) is 12.8 Å². The molecule has 2 saturated heterocycles. The molecule has 1 aromatic rings. The van der Waals surface area contributed by atoms with Crippen LogP contribution in [0.25, 0.3) is 0 Å².